The van der Waals surface area contributed by atoms with E-state index in [4.69, 9.17) is 11.5 Å². The molecule has 0 radical (unpaired) electrons. The predicted octanol–water partition coefficient (Wildman–Crippen LogP) is 2.76. The topological polar surface area (TPSA) is 107 Å². The van der Waals surface area contributed by atoms with Crippen molar-refractivity contribution in [3.05, 3.63) is 66.4 Å². The summed E-state index contributed by atoms with van der Waals surface area (Å²) in [6, 6.07) is 16.6. The highest BCUT2D eigenvalue weighted by Gasteiger charge is 2.14. The zero-order chi connectivity index (χ0) is 16.9. The first-order valence-electron chi connectivity index (χ1n) is 7.46. The van der Waals surface area contributed by atoms with Crippen LogP contribution in [0.2, 0.25) is 0 Å². The Morgan fingerprint density at radius 1 is 1.04 bits per heavy atom. The van der Waals surface area contributed by atoms with Crippen molar-refractivity contribution in [2.24, 2.45) is 11.5 Å². The minimum absolute atomic E-state index is 0.358. The first-order valence-corrected chi connectivity index (χ1v) is 7.46. The number of urea groups is 1. The van der Waals surface area contributed by atoms with Crippen LogP contribution in [0.4, 0.5) is 10.5 Å². The summed E-state index contributed by atoms with van der Waals surface area (Å²) >= 11 is 0. The Bertz CT molecular complexity index is 864. The van der Waals surface area contributed by atoms with Crippen LogP contribution in [-0.2, 0) is 6.54 Å². The van der Waals surface area contributed by atoms with E-state index in [1.54, 1.807) is 6.20 Å². The van der Waals surface area contributed by atoms with Crippen molar-refractivity contribution < 1.29 is 4.79 Å². The molecule has 0 aliphatic rings. The number of carbonyl (C=O) groups is 1. The molecule has 2 amide bonds. The van der Waals surface area contributed by atoms with Gasteiger partial charge in [0.2, 0.25) is 0 Å². The SMILES string of the molecule is NCc1ccccc1-c1nc(-c2ccccc2)ncc1NC(N)=O. The van der Waals surface area contributed by atoms with Gasteiger partial charge in [-0.15, -0.1) is 0 Å². The minimum atomic E-state index is -0.669. The average Bonchev–Trinajstić information content (AvgIpc) is 2.62. The maximum Gasteiger partial charge on any atom is 0.316 e. The number of nitrogens with one attached hydrogen (secondary N) is 1. The van der Waals surface area contributed by atoms with Crippen LogP contribution in [-0.4, -0.2) is 16.0 Å². The summed E-state index contributed by atoms with van der Waals surface area (Å²) < 4.78 is 0. The second-order valence-electron chi connectivity index (χ2n) is 5.17. The molecule has 1 heterocycles. The van der Waals surface area contributed by atoms with Crippen LogP contribution in [0.25, 0.3) is 22.6 Å². The first-order chi connectivity index (χ1) is 11.7. The third-order valence-corrected chi connectivity index (χ3v) is 3.57. The van der Waals surface area contributed by atoms with Crippen molar-refractivity contribution in [2.45, 2.75) is 6.54 Å². The average molecular weight is 319 g/mol. The number of primary amides is 1. The lowest BCUT2D eigenvalue weighted by Gasteiger charge is -2.13. The van der Waals surface area contributed by atoms with Gasteiger partial charge >= 0.3 is 6.03 Å². The number of anilines is 1. The number of aromatic nitrogens is 2. The maximum absolute atomic E-state index is 11.3. The Balaban J connectivity index is 2.18. The maximum atomic E-state index is 11.3. The monoisotopic (exact) mass is 319 g/mol. The molecule has 1 aromatic heterocycles. The Kier molecular flexibility index (Phi) is 4.49. The second kappa shape index (κ2) is 6.89. The molecule has 0 aliphatic heterocycles. The molecule has 0 fully saturated rings. The van der Waals surface area contributed by atoms with Crippen LogP contribution < -0.4 is 16.8 Å². The number of rotatable bonds is 4. The van der Waals surface area contributed by atoms with Crippen molar-refractivity contribution in [1.29, 1.82) is 0 Å². The van der Waals surface area contributed by atoms with Crippen LogP contribution in [0.15, 0.2) is 60.8 Å². The molecule has 2 aromatic carbocycles. The number of nitrogens with zero attached hydrogens (tertiary/aromatic N) is 2. The summed E-state index contributed by atoms with van der Waals surface area (Å²) in [4.78, 5) is 20.3. The van der Waals surface area contributed by atoms with E-state index in [1.165, 1.54) is 0 Å². The van der Waals surface area contributed by atoms with Crippen LogP contribution >= 0.6 is 0 Å². The molecule has 6 nitrogen and oxygen atoms in total. The fourth-order valence-electron chi connectivity index (χ4n) is 2.47. The summed E-state index contributed by atoms with van der Waals surface area (Å²) in [6.45, 7) is 0.358. The largest absolute Gasteiger partial charge is 0.351 e. The number of carbonyl (C=O) groups excluding carboxylic acids is 1. The fourth-order valence-corrected chi connectivity index (χ4v) is 2.47. The summed E-state index contributed by atoms with van der Waals surface area (Å²) in [5, 5.41) is 2.57. The lowest BCUT2D eigenvalue weighted by molar-refractivity contribution is 0.259. The number of amides is 2. The van der Waals surface area contributed by atoms with Crippen molar-refractivity contribution >= 4 is 11.7 Å². The van der Waals surface area contributed by atoms with Gasteiger partial charge in [0, 0.05) is 17.7 Å². The van der Waals surface area contributed by atoms with Gasteiger partial charge in [0.15, 0.2) is 5.82 Å². The normalized spacial score (nSPS) is 10.4. The molecule has 120 valence electrons. The standard InChI is InChI=1S/C18H17N5O/c19-10-13-8-4-5-9-14(13)16-15(22-18(20)24)11-21-17(23-16)12-6-2-1-3-7-12/h1-9,11H,10,19H2,(H3,20,22,24). The number of hydrogen-bond donors (Lipinski definition) is 3. The molecule has 5 N–H and O–H groups in total. The highest BCUT2D eigenvalue weighted by atomic mass is 16.2. The molecule has 0 spiro atoms. The van der Waals surface area contributed by atoms with E-state index in [9.17, 15) is 4.79 Å². The van der Waals surface area contributed by atoms with Crippen LogP contribution in [0.1, 0.15) is 5.56 Å². The van der Waals surface area contributed by atoms with Gasteiger partial charge in [-0.2, -0.15) is 0 Å². The molecule has 3 rings (SSSR count). The third kappa shape index (κ3) is 3.23. The van der Waals surface area contributed by atoms with E-state index in [2.05, 4.69) is 15.3 Å². The minimum Gasteiger partial charge on any atom is -0.351 e. The smallest absolute Gasteiger partial charge is 0.316 e. The van der Waals surface area contributed by atoms with Crippen molar-refractivity contribution in [3.8, 4) is 22.6 Å². The van der Waals surface area contributed by atoms with E-state index in [0.29, 0.717) is 23.8 Å². The van der Waals surface area contributed by atoms with Crippen LogP contribution in [0, 0.1) is 0 Å². The van der Waals surface area contributed by atoms with Gasteiger partial charge in [-0.05, 0) is 5.56 Å². The van der Waals surface area contributed by atoms with E-state index in [0.717, 1.165) is 16.7 Å². The molecule has 0 unspecified atom stereocenters. The van der Waals surface area contributed by atoms with E-state index < -0.39 is 6.03 Å². The number of hydrogen-bond acceptors (Lipinski definition) is 4. The molecule has 6 heteroatoms. The first kappa shape index (κ1) is 15.6. The Morgan fingerprint density at radius 2 is 1.75 bits per heavy atom. The summed E-state index contributed by atoms with van der Waals surface area (Å²) in [5.41, 5.74) is 14.8. The Morgan fingerprint density at radius 3 is 2.46 bits per heavy atom. The lowest BCUT2D eigenvalue weighted by Crippen LogP contribution is -2.20. The highest BCUT2D eigenvalue weighted by Crippen LogP contribution is 2.30. The lowest BCUT2D eigenvalue weighted by atomic mass is 10.0. The van der Waals surface area contributed by atoms with E-state index >= 15 is 0 Å². The summed E-state index contributed by atoms with van der Waals surface area (Å²) in [6.07, 6.45) is 1.56. The third-order valence-electron chi connectivity index (χ3n) is 3.57. The summed E-state index contributed by atoms with van der Waals surface area (Å²) in [5.74, 6) is 0.562. The zero-order valence-corrected chi connectivity index (χ0v) is 12.9. The molecular weight excluding hydrogens is 302 g/mol. The Labute approximate surface area is 139 Å². The fraction of sp³-hybridized carbons (Fsp3) is 0.0556. The molecule has 24 heavy (non-hydrogen) atoms. The van der Waals surface area contributed by atoms with Crippen molar-refractivity contribution in [3.63, 3.8) is 0 Å². The van der Waals surface area contributed by atoms with Gasteiger partial charge in [0.1, 0.15) is 0 Å². The van der Waals surface area contributed by atoms with Gasteiger partial charge in [0.25, 0.3) is 0 Å². The van der Waals surface area contributed by atoms with Gasteiger partial charge in [-0.1, -0.05) is 54.6 Å². The summed E-state index contributed by atoms with van der Waals surface area (Å²) in [7, 11) is 0. The number of nitrogens with two attached hydrogens (primary N) is 2. The van der Waals surface area contributed by atoms with Crippen LogP contribution in [0.5, 0.6) is 0 Å². The predicted molar refractivity (Wildman–Crippen MR) is 94.0 cm³/mol. The number of benzene rings is 2. The van der Waals surface area contributed by atoms with Gasteiger partial charge in [-0.3, -0.25) is 0 Å². The molecular formula is C18H17N5O. The van der Waals surface area contributed by atoms with E-state index in [-0.39, 0.29) is 0 Å². The molecule has 0 aliphatic carbocycles. The highest BCUT2D eigenvalue weighted by molar-refractivity contribution is 5.92. The molecule has 0 saturated heterocycles. The molecule has 0 bridgehead atoms. The van der Waals surface area contributed by atoms with E-state index in [1.807, 2.05) is 54.6 Å². The van der Waals surface area contributed by atoms with Gasteiger partial charge in [-0.25, -0.2) is 14.8 Å². The molecule has 3 aromatic rings. The van der Waals surface area contributed by atoms with Gasteiger partial charge < -0.3 is 16.8 Å². The quantitative estimate of drug-likeness (QED) is 0.687. The molecule has 0 atom stereocenters. The second-order valence-corrected chi connectivity index (χ2v) is 5.17. The van der Waals surface area contributed by atoms with Gasteiger partial charge in [0.05, 0.1) is 17.6 Å². The molecule has 0 saturated carbocycles. The van der Waals surface area contributed by atoms with Crippen LogP contribution in [0.3, 0.4) is 0 Å². The van der Waals surface area contributed by atoms with Crippen molar-refractivity contribution in [2.75, 3.05) is 5.32 Å². The Hall–Kier alpha value is -3.25. The van der Waals surface area contributed by atoms with Crippen molar-refractivity contribution in [1.82, 2.24) is 9.97 Å². The zero-order valence-electron chi connectivity index (χ0n) is 12.9.